The summed E-state index contributed by atoms with van der Waals surface area (Å²) in [4.78, 5) is 0. The quantitative estimate of drug-likeness (QED) is 0.464. The van der Waals surface area contributed by atoms with E-state index in [1.54, 1.807) is 0 Å². The largest absolute Gasteiger partial charge is 0.0826 e. The van der Waals surface area contributed by atoms with E-state index in [0.717, 1.165) is 13.8 Å². The fraction of sp³-hybridized carbons (Fsp3) is 1.00. The monoisotopic (exact) mass is 350 g/mol. The molecule has 0 heterocycles. The zero-order chi connectivity index (χ0) is 6.85. The first-order valence-corrected chi connectivity index (χ1v) is 5.97. The van der Waals surface area contributed by atoms with Gasteiger partial charge in [0.25, 0.3) is 0 Å². The highest BCUT2D eigenvalue weighted by Gasteiger charge is 2.23. The molecule has 0 bridgehead atoms. The smallest absolute Gasteiger partial charge is 0.0145 e. The summed E-state index contributed by atoms with van der Waals surface area (Å²) >= 11 is 5.17. The molecule has 0 aromatic heterocycles. The summed E-state index contributed by atoms with van der Waals surface area (Å²) in [6.45, 7) is 2.37. The molecule has 1 aliphatic rings. The van der Waals surface area contributed by atoms with Crippen LogP contribution in [-0.4, -0.2) is 7.85 Å². The Kier molecular flexibility index (Phi) is 3.55. The highest BCUT2D eigenvalue weighted by atomic mass is 127. The zero-order valence-corrected chi connectivity index (χ0v) is 9.92. The Morgan fingerprint density at radius 3 is 2.33 bits per heavy atom. The van der Waals surface area contributed by atoms with Gasteiger partial charge in [0.1, 0.15) is 0 Å². The van der Waals surface area contributed by atoms with Crippen molar-refractivity contribution in [3.05, 3.63) is 0 Å². The molecule has 1 saturated carbocycles. The average molecular weight is 350 g/mol. The normalized spacial score (nSPS) is 45.0. The number of hydrogen-bond acceptors (Lipinski definition) is 0. The van der Waals surface area contributed by atoms with Crippen LogP contribution in [0.2, 0.25) is 0 Å². The van der Waals surface area contributed by atoms with Crippen molar-refractivity contribution in [1.82, 2.24) is 0 Å². The Bertz CT molecular complexity index is 92.9. The van der Waals surface area contributed by atoms with Gasteiger partial charge in [-0.3, -0.25) is 0 Å². The zero-order valence-electron chi connectivity index (χ0n) is 5.61. The van der Waals surface area contributed by atoms with Gasteiger partial charge in [-0.05, 0) is 25.2 Å². The maximum absolute atomic E-state index is 2.59. The molecule has 0 saturated heterocycles. The SMILES string of the molecule is CC1CCC(I)CC1I. The summed E-state index contributed by atoms with van der Waals surface area (Å²) in [5, 5.41) is 0. The second kappa shape index (κ2) is 3.74. The molecule has 0 N–H and O–H groups in total. The first kappa shape index (κ1) is 8.56. The number of hydrogen-bond donors (Lipinski definition) is 0. The summed E-state index contributed by atoms with van der Waals surface area (Å²) in [6, 6.07) is 0. The molecule has 3 atom stereocenters. The third-order valence-electron chi connectivity index (χ3n) is 2.03. The Balaban J connectivity index is 2.35. The van der Waals surface area contributed by atoms with E-state index in [4.69, 9.17) is 0 Å². The minimum absolute atomic E-state index is 0.943. The summed E-state index contributed by atoms with van der Waals surface area (Å²) < 4.78 is 1.90. The molecule has 1 aliphatic carbocycles. The second-order valence-corrected chi connectivity index (χ2v) is 6.27. The molecule has 0 nitrogen and oxygen atoms in total. The van der Waals surface area contributed by atoms with Crippen molar-refractivity contribution in [2.24, 2.45) is 5.92 Å². The van der Waals surface area contributed by atoms with Crippen LogP contribution in [-0.2, 0) is 0 Å². The molecule has 1 rings (SSSR count). The van der Waals surface area contributed by atoms with Crippen molar-refractivity contribution >= 4 is 45.2 Å². The van der Waals surface area contributed by atoms with Gasteiger partial charge in [-0.2, -0.15) is 0 Å². The van der Waals surface area contributed by atoms with Gasteiger partial charge >= 0.3 is 0 Å². The van der Waals surface area contributed by atoms with E-state index in [1.165, 1.54) is 19.3 Å². The van der Waals surface area contributed by atoms with Crippen molar-refractivity contribution in [1.29, 1.82) is 0 Å². The highest BCUT2D eigenvalue weighted by Crippen LogP contribution is 2.33. The van der Waals surface area contributed by atoms with Gasteiger partial charge in [-0.1, -0.05) is 52.1 Å². The van der Waals surface area contributed by atoms with E-state index >= 15 is 0 Å². The summed E-state index contributed by atoms with van der Waals surface area (Å²) in [7, 11) is 0. The van der Waals surface area contributed by atoms with E-state index in [-0.39, 0.29) is 0 Å². The van der Waals surface area contributed by atoms with Crippen LogP contribution < -0.4 is 0 Å². The van der Waals surface area contributed by atoms with E-state index < -0.39 is 0 Å². The number of halogens is 2. The van der Waals surface area contributed by atoms with Crippen molar-refractivity contribution < 1.29 is 0 Å². The van der Waals surface area contributed by atoms with Gasteiger partial charge in [0.15, 0.2) is 0 Å². The number of rotatable bonds is 0. The molecule has 0 radical (unpaired) electrons. The molecule has 54 valence electrons. The fourth-order valence-corrected chi connectivity index (χ4v) is 4.07. The lowest BCUT2D eigenvalue weighted by Crippen LogP contribution is -2.22. The van der Waals surface area contributed by atoms with Crippen molar-refractivity contribution in [2.45, 2.75) is 34.0 Å². The lowest BCUT2D eigenvalue weighted by molar-refractivity contribution is 0.425. The van der Waals surface area contributed by atoms with Crippen LogP contribution in [0.4, 0.5) is 0 Å². The average Bonchev–Trinajstić information content (AvgIpc) is 1.80. The molecule has 0 aliphatic heterocycles. The fourth-order valence-electron chi connectivity index (χ4n) is 1.22. The predicted molar refractivity (Wildman–Crippen MR) is 58.6 cm³/mol. The van der Waals surface area contributed by atoms with E-state index in [2.05, 4.69) is 52.1 Å². The Morgan fingerprint density at radius 1 is 1.22 bits per heavy atom. The lowest BCUT2D eigenvalue weighted by atomic mass is 9.91. The molecule has 3 unspecified atom stereocenters. The van der Waals surface area contributed by atoms with Crippen LogP contribution in [0, 0.1) is 5.92 Å². The minimum Gasteiger partial charge on any atom is -0.0826 e. The van der Waals surface area contributed by atoms with Crippen molar-refractivity contribution in [3.63, 3.8) is 0 Å². The third kappa shape index (κ3) is 2.52. The minimum atomic E-state index is 0.943. The molecule has 0 amide bonds. The van der Waals surface area contributed by atoms with Gasteiger partial charge < -0.3 is 0 Å². The molecule has 0 aromatic rings. The van der Waals surface area contributed by atoms with Gasteiger partial charge in [0.2, 0.25) is 0 Å². The van der Waals surface area contributed by atoms with Crippen LogP contribution in [0.15, 0.2) is 0 Å². The van der Waals surface area contributed by atoms with E-state index in [1.807, 2.05) is 0 Å². The summed E-state index contributed by atoms with van der Waals surface area (Å²) in [6.07, 6.45) is 4.32. The Labute approximate surface area is 84.4 Å². The van der Waals surface area contributed by atoms with Crippen LogP contribution in [0.5, 0.6) is 0 Å². The first-order chi connectivity index (χ1) is 4.20. The number of alkyl halides is 2. The van der Waals surface area contributed by atoms with Gasteiger partial charge in [-0.25, -0.2) is 0 Å². The summed E-state index contributed by atoms with van der Waals surface area (Å²) in [5.74, 6) is 0.969. The molecule has 0 spiro atoms. The van der Waals surface area contributed by atoms with Crippen molar-refractivity contribution in [2.75, 3.05) is 0 Å². The van der Waals surface area contributed by atoms with Crippen LogP contribution >= 0.6 is 45.2 Å². The first-order valence-electron chi connectivity index (χ1n) is 3.48. The standard InChI is InChI=1S/C7H12I2/c1-5-2-3-6(8)4-7(5)9/h5-7H,2-4H2,1H3. The van der Waals surface area contributed by atoms with Gasteiger partial charge in [0, 0.05) is 7.85 Å². The third-order valence-corrected chi connectivity index (χ3v) is 4.90. The maximum Gasteiger partial charge on any atom is 0.0145 e. The predicted octanol–water partition coefficient (Wildman–Crippen LogP) is 3.41. The Morgan fingerprint density at radius 2 is 1.89 bits per heavy atom. The van der Waals surface area contributed by atoms with E-state index in [9.17, 15) is 0 Å². The maximum atomic E-state index is 2.59. The van der Waals surface area contributed by atoms with Crippen molar-refractivity contribution in [3.8, 4) is 0 Å². The molecule has 0 aromatic carbocycles. The molecule has 9 heavy (non-hydrogen) atoms. The molecular weight excluding hydrogens is 338 g/mol. The highest BCUT2D eigenvalue weighted by molar-refractivity contribution is 14.1. The second-order valence-electron chi connectivity index (χ2n) is 2.90. The van der Waals surface area contributed by atoms with Crippen LogP contribution in [0.3, 0.4) is 0 Å². The van der Waals surface area contributed by atoms with Gasteiger partial charge in [-0.15, -0.1) is 0 Å². The van der Waals surface area contributed by atoms with E-state index in [0.29, 0.717) is 0 Å². The molecule has 1 fully saturated rings. The molecule has 2 heteroatoms. The Hall–Kier alpha value is 1.46. The molecular formula is C7H12I2. The van der Waals surface area contributed by atoms with Crippen LogP contribution in [0.1, 0.15) is 26.2 Å². The summed E-state index contributed by atoms with van der Waals surface area (Å²) in [5.41, 5.74) is 0. The topological polar surface area (TPSA) is 0 Å². The lowest BCUT2D eigenvalue weighted by Gasteiger charge is -2.27. The van der Waals surface area contributed by atoms with Crippen LogP contribution in [0.25, 0.3) is 0 Å². The van der Waals surface area contributed by atoms with Gasteiger partial charge in [0.05, 0.1) is 0 Å².